The van der Waals surface area contributed by atoms with Gasteiger partial charge in [-0.2, -0.15) is 0 Å². The van der Waals surface area contributed by atoms with Gasteiger partial charge in [-0.25, -0.2) is 0 Å². The zero-order valence-electron chi connectivity index (χ0n) is 11.5. The van der Waals surface area contributed by atoms with Gasteiger partial charge in [-0.3, -0.25) is 0 Å². The van der Waals surface area contributed by atoms with Gasteiger partial charge in [-0.1, -0.05) is 33.6 Å². The molecule has 0 aromatic heterocycles. The smallest absolute Gasteiger partial charge is 0.127 e. The van der Waals surface area contributed by atoms with Crippen LogP contribution in [0.3, 0.4) is 0 Å². The van der Waals surface area contributed by atoms with Crippen LogP contribution in [0.1, 0.15) is 29.7 Å². The molecule has 1 aliphatic rings. The van der Waals surface area contributed by atoms with Crippen molar-refractivity contribution in [1.82, 2.24) is 0 Å². The Kier molecular flexibility index (Phi) is 4.11. The summed E-state index contributed by atoms with van der Waals surface area (Å²) in [6.45, 7) is 0. The Bertz CT molecular complexity index is 677. The van der Waals surface area contributed by atoms with E-state index in [0.717, 1.165) is 27.1 Å². The van der Waals surface area contributed by atoms with Crippen LogP contribution in [0.15, 0.2) is 40.9 Å². The lowest BCUT2D eigenvalue weighted by molar-refractivity contribution is 0.161. The van der Waals surface area contributed by atoms with E-state index in [9.17, 15) is 0 Å². The third-order valence-electron chi connectivity index (χ3n) is 3.66. The second-order valence-electron chi connectivity index (χ2n) is 5.02. The number of hydrogen-bond donors (Lipinski definition) is 1. The standard InChI is InChI=1S/C16H15BrClNO2/c1-20-10-3-5-15-12(7-10)14(19)8-16(21-15)11-4-2-9(17)6-13(11)18/h2-7,14,16H,8,19H2,1H3/t14-,16?/m1/s1. The van der Waals surface area contributed by atoms with E-state index in [2.05, 4.69) is 15.9 Å². The highest BCUT2D eigenvalue weighted by molar-refractivity contribution is 9.10. The van der Waals surface area contributed by atoms with Gasteiger partial charge in [0.2, 0.25) is 0 Å². The van der Waals surface area contributed by atoms with Crippen molar-refractivity contribution in [3.8, 4) is 11.5 Å². The van der Waals surface area contributed by atoms with E-state index in [0.29, 0.717) is 11.4 Å². The molecule has 1 aliphatic heterocycles. The summed E-state index contributed by atoms with van der Waals surface area (Å²) in [7, 11) is 1.64. The summed E-state index contributed by atoms with van der Waals surface area (Å²) in [6.07, 6.45) is 0.545. The highest BCUT2D eigenvalue weighted by atomic mass is 79.9. The number of hydrogen-bond acceptors (Lipinski definition) is 3. The molecule has 0 aliphatic carbocycles. The van der Waals surface area contributed by atoms with Crippen LogP contribution in [0.5, 0.6) is 11.5 Å². The Labute approximate surface area is 137 Å². The first kappa shape index (κ1) is 14.7. The van der Waals surface area contributed by atoms with E-state index < -0.39 is 0 Å². The number of ether oxygens (including phenoxy) is 2. The summed E-state index contributed by atoms with van der Waals surface area (Å²) in [4.78, 5) is 0. The normalized spacial score (nSPS) is 20.6. The summed E-state index contributed by atoms with van der Waals surface area (Å²) in [5, 5.41) is 0.679. The van der Waals surface area contributed by atoms with E-state index in [1.54, 1.807) is 7.11 Å². The number of nitrogens with two attached hydrogens (primary N) is 1. The highest BCUT2D eigenvalue weighted by Gasteiger charge is 2.28. The molecule has 0 spiro atoms. The minimum absolute atomic E-state index is 0.103. The predicted octanol–water partition coefficient (Wildman–Crippen LogP) is 4.63. The van der Waals surface area contributed by atoms with Gasteiger partial charge < -0.3 is 15.2 Å². The molecule has 3 rings (SSSR count). The molecular weight excluding hydrogens is 354 g/mol. The molecule has 2 aromatic carbocycles. The maximum absolute atomic E-state index is 6.31. The molecule has 110 valence electrons. The SMILES string of the molecule is COc1ccc2c(c1)[C@H](N)CC(c1ccc(Br)cc1Cl)O2. The molecule has 2 atom stereocenters. The lowest BCUT2D eigenvalue weighted by atomic mass is 9.93. The quantitative estimate of drug-likeness (QED) is 0.840. The fourth-order valence-corrected chi connectivity index (χ4v) is 3.36. The number of rotatable bonds is 2. The molecule has 0 bridgehead atoms. The topological polar surface area (TPSA) is 44.5 Å². The Morgan fingerprint density at radius 2 is 2.05 bits per heavy atom. The molecule has 0 saturated heterocycles. The van der Waals surface area contributed by atoms with Gasteiger partial charge >= 0.3 is 0 Å². The van der Waals surface area contributed by atoms with Gasteiger partial charge in [0.25, 0.3) is 0 Å². The number of benzene rings is 2. The molecular formula is C16H15BrClNO2. The lowest BCUT2D eigenvalue weighted by Crippen LogP contribution is -2.24. The maximum Gasteiger partial charge on any atom is 0.127 e. The van der Waals surface area contributed by atoms with Crippen LogP contribution in [-0.4, -0.2) is 7.11 Å². The van der Waals surface area contributed by atoms with Crippen molar-refractivity contribution in [3.63, 3.8) is 0 Å². The molecule has 1 heterocycles. The summed E-state index contributed by atoms with van der Waals surface area (Å²) in [5.74, 6) is 1.58. The molecule has 5 heteroatoms. The van der Waals surface area contributed by atoms with Crippen LogP contribution < -0.4 is 15.2 Å². The van der Waals surface area contributed by atoms with E-state index in [1.165, 1.54) is 0 Å². The van der Waals surface area contributed by atoms with Gasteiger partial charge in [-0.05, 0) is 30.3 Å². The minimum atomic E-state index is -0.138. The Balaban J connectivity index is 1.94. The number of halogens is 2. The molecule has 2 N–H and O–H groups in total. The monoisotopic (exact) mass is 367 g/mol. The average molecular weight is 369 g/mol. The number of methoxy groups -OCH3 is 1. The molecule has 21 heavy (non-hydrogen) atoms. The first-order valence-corrected chi connectivity index (χ1v) is 7.80. The molecule has 0 fully saturated rings. The zero-order chi connectivity index (χ0) is 15.0. The molecule has 1 unspecified atom stereocenters. The largest absolute Gasteiger partial charge is 0.497 e. The highest BCUT2D eigenvalue weighted by Crippen LogP contribution is 2.42. The van der Waals surface area contributed by atoms with E-state index in [-0.39, 0.29) is 12.1 Å². The predicted molar refractivity (Wildman–Crippen MR) is 87.1 cm³/mol. The molecule has 0 amide bonds. The van der Waals surface area contributed by atoms with E-state index >= 15 is 0 Å². The van der Waals surface area contributed by atoms with Crippen molar-refractivity contribution in [3.05, 3.63) is 57.0 Å². The maximum atomic E-state index is 6.31. The van der Waals surface area contributed by atoms with Crippen LogP contribution in [-0.2, 0) is 0 Å². The van der Waals surface area contributed by atoms with Crippen molar-refractivity contribution in [2.24, 2.45) is 5.73 Å². The number of fused-ring (bicyclic) bond motifs is 1. The summed E-state index contributed by atoms with van der Waals surface area (Å²) >= 11 is 9.72. The fraction of sp³-hybridized carbons (Fsp3) is 0.250. The first-order valence-electron chi connectivity index (χ1n) is 6.63. The van der Waals surface area contributed by atoms with Crippen molar-refractivity contribution in [2.45, 2.75) is 18.6 Å². The van der Waals surface area contributed by atoms with Crippen LogP contribution >= 0.6 is 27.5 Å². The molecule has 2 aromatic rings. The van der Waals surface area contributed by atoms with Gasteiger partial charge in [0.05, 0.1) is 7.11 Å². The van der Waals surface area contributed by atoms with E-state index in [4.69, 9.17) is 26.8 Å². The third-order valence-corrected chi connectivity index (χ3v) is 4.48. The second-order valence-corrected chi connectivity index (χ2v) is 6.34. The Hall–Kier alpha value is -1.23. The summed E-state index contributed by atoms with van der Waals surface area (Å²) in [6, 6.07) is 11.4. The molecule has 3 nitrogen and oxygen atoms in total. The zero-order valence-corrected chi connectivity index (χ0v) is 13.8. The van der Waals surface area contributed by atoms with Gasteiger partial charge in [0.15, 0.2) is 0 Å². The van der Waals surface area contributed by atoms with Crippen LogP contribution in [0.25, 0.3) is 0 Å². The van der Waals surface area contributed by atoms with Gasteiger partial charge in [0.1, 0.15) is 17.6 Å². The average Bonchev–Trinajstić information content (AvgIpc) is 2.47. The van der Waals surface area contributed by atoms with E-state index in [1.807, 2.05) is 36.4 Å². The van der Waals surface area contributed by atoms with Crippen molar-refractivity contribution in [1.29, 1.82) is 0 Å². The van der Waals surface area contributed by atoms with Crippen LogP contribution in [0, 0.1) is 0 Å². The van der Waals surface area contributed by atoms with Crippen molar-refractivity contribution < 1.29 is 9.47 Å². The Morgan fingerprint density at radius 3 is 2.76 bits per heavy atom. The third kappa shape index (κ3) is 2.89. The van der Waals surface area contributed by atoms with Crippen LogP contribution in [0.4, 0.5) is 0 Å². The second kappa shape index (κ2) is 5.87. The molecule has 0 radical (unpaired) electrons. The minimum Gasteiger partial charge on any atom is -0.497 e. The van der Waals surface area contributed by atoms with Crippen molar-refractivity contribution >= 4 is 27.5 Å². The first-order chi connectivity index (χ1) is 10.1. The van der Waals surface area contributed by atoms with Gasteiger partial charge in [-0.15, -0.1) is 0 Å². The Morgan fingerprint density at radius 1 is 1.24 bits per heavy atom. The van der Waals surface area contributed by atoms with Crippen molar-refractivity contribution in [2.75, 3.05) is 7.11 Å². The summed E-state index contributed by atoms with van der Waals surface area (Å²) < 4.78 is 12.3. The summed E-state index contributed by atoms with van der Waals surface area (Å²) in [5.41, 5.74) is 8.22. The molecule has 0 saturated carbocycles. The lowest BCUT2D eigenvalue weighted by Gasteiger charge is -2.31. The fourth-order valence-electron chi connectivity index (χ4n) is 2.56. The van der Waals surface area contributed by atoms with Gasteiger partial charge in [0, 0.05) is 33.1 Å². The van der Waals surface area contributed by atoms with Crippen LogP contribution in [0.2, 0.25) is 5.02 Å².